The highest BCUT2D eigenvalue weighted by atomic mass is 16.3. The molecule has 0 fully saturated rings. The molecule has 4 heteroatoms. The normalized spacial score (nSPS) is 11.6. The van der Waals surface area contributed by atoms with Crippen molar-refractivity contribution in [2.24, 2.45) is 5.92 Å². The summed E-state index contributed by atoms with van der Waals surface area (Å²) in [5.41, 5.74) is 1.28. The van der Waals surface area contributed by atoms with Crippen LogP contribution in [0.4, 0.5) is 0 Å². The maximum Gasteiger partial charge on any atom is 0.253 e. The standard InChI is InChI=1S/C13H16N2O2/c1-9(7-14)8-15(3)13(17)12-5-4-11(16)6-10(12)2/h4-6,9,16H,8H2,1-3H3. The molecule has 1 N–H and O–H groups in total. The van der Waals surface area contributed by atoms with Gasteiger partial charge in [-0.1, -0.05) is 0 Å². The summed E-state index contributed by atoms with van der Waals surface area (Å²) in [7, 11) is 1.67. The maximum absolute atomic E-state index is 12.1. The van der Waals surface area contributed by atoms with Crippen LogP contribution < -0.4 is 0 Å². The maximum atomic E-state index is 12.1. The van der Waals surface area contributed by atoms with E-state index < -0.39 is 0 Å². The minimum absolute atomic E-state index is 0.135. The predicted molar refractivity (Wildman–Crippen MR) is 64.6 cm³/mol. The molecule has 1 atom stereocenters. The highest BCUT2D eigenvalue weighted by Crippen LogP contribution is 2.17. The number of nitriles is 1. The smallest absolute Gasteiger partial charge is 0.253 e. The summed E-state index contributed by atoms with van der Waals surface area (Å²) < 4.78 is 0. The molecule has 0 spiro atoms. The molecule has 0 saturated carbocycles. The molecular weight excluding hydrogens is 216 g/mol. The van der Waals surface area contributed by atoms with E-state index in [-0.39, 0.29) is 17.6 Å². The predicted octanol–water partition coefficient (Wildman–Crippen LogP) is 1.93. The molecule has 0 aliphatic rings. The van der Waals surface area contributed by atoms with Crippen LogP contribution in [0, 0.1) is 24.2 Å². The lowest BCUT2D eigenvalue weighted by Gasteiger charge is -2.19. The van der Waals surface area contributed by atoms with Crippen LogP contribution in [0.1, 0.15) is 22.8 Å². The second-order valence-electron chi connectivity index (χ2n) is 4.22. The monoisotopic (exact) mass is 232 g/mol. The van der Waals surface area contributed by atoms with Crippen LogP contribution in [0.3, 0.4) is 0 Å². The Labute approximate surface area is 101 Å². The third kappa shape index (κ3) is 3.22. The van der Waals surface area contributed by atoms with Gasteiger partial charge in [0.05, 0.1) is 12.0 Å². The summed E-state index contributed by atoms with van der Waals surface area (Å²) >= 11 is 0. The van der Waals surface area contributed by atoms with Crippen LogP contribution in [-0.4, -0.2) is 29.5 Å². The molecule has 0 aliphatic carbocycles. The van der Waals surface area contributed by atoms with Gasteiger partial charge in [0, 0.05) is 19.2 Å². The van der Waals surface area contributed by atoms with E-state index in [0.29, 0.717) is 12.1 Å². The molecule has 1 aromatic carbocycles. The van der Waals surface area contributed by atoms with E-state index in [9.17, 15) is 9.90 Å². The fourth-order valence-corrected chi connectivity index (χ4v) is 1.63. The summed E-state index contributed by atoms with van der Waals surface area (Å²) in [6.45, 7) is 3.94. The molecular formula is C13H16N2O2. The Morgan fingerprint density at radius 2 is 2.24 bits per heavy atom. The van der Waals surface area contributed by atoms with Crippen LogP contribution in [-0.2, 0) is 0 Å². The minimum atomic E-state index is -0.193. The third-order valence-corrected chi connectivity index (χ3v) is 2.56. The van der Waals surface area contributed by atoms with Crippen molar-refractivity contribution in [2.45, 2.75) is 13.8 Å². The second-order valence-corrected chi connectivity index (χ2v) is 4.22. The lowest BCUT2D eigenvalue weighted by Crippen LogP contribution is -2.31. The van der Waals surface area contributed by atoms with Gasteiger partial charge < -0.3 is 10.0 Å². The van der Waals surface area contributed by atoms with Crippen LogP contribution >= 0.6 is 0 Å². The molecule has 0 radical (unpaired) electrons. The summed E-state index contributed by atoms with van der Waals surface area (Å²) in [6, 6.07) is 6.73. The fraction of sp³-hybridized carbons (Fsp3) is 0.385. The molecule has 1 amide bonds. The molecule has 0 aliphatic heterocycles. The Balaban J connectivity index is 2.86. The molecule has 0 saturated heterocycles. The number of phenolic OH excluding ortho intramolecular Hbond substituents is 1. The summed E-state index contributed by atoms with van der Waals surface area (Å²) in [6.07, 6.45) is 0. The summed E-state index contributed by atoms with van der Waals surface area (Å²) in [5.74, 6) is -0.182. The zero-order valence-electron chi connectivity index (χ0n) is 10.3. The average Bonchev–Trinajstić information content (AvgIpc) is 2.28. The van der Waals surface area contributed by atoms with Gasteiger partial charge >= 0.3 is 0 Å². The summed E-state index contributed by atoms with van der Waals surface area (Å²) in [5, 5.41) is 18.0. The third-order valence-electron chi connectivity index (χ3n) is 2.56. The van der Waals surface area contributed by atoms with Gasteiger partial charge in [-0.05, 0) is 37.6 Å². The first kappa shape index (κ1) is 13.0. The number of hydrogen-bond donors (Lipinski definition) is 1. The van der Waals surface area contributed by atoms with Crippen molar-refractivity contribution in [3.63, 3.8) is 0 Å². The van der Waals surface area contributed by atoms with Gasteiger partial charge in [-0.15, -0.1) is 0 Å². The molecule has 1 rings (SSSR count). The van der Waals surface area contributed by atoms with Gasteiger partial charge in [0.25, 0.3) is 5.91 Å². The number of carbonyl (C=O) groups is 1. The zero-order chi connectivity index (χ0) is 13.0. The lowest BCUT2D eigenvalue weighted by molar-refractivity contribution is 0.0784. The number of aromatic hydroxyl groups is 1. The molecule has 1 unspecified atom stereocenters. The Bertz CT molecular complexity index is 463. The quantitative estimate of drug-likeness (QED) is 0.866. The number of aryl methyl sites for hydroxylation is 1. The van der Waals surface area contributed by atoms with Crippen molar-refractivity contribution in [2.75, 3.05) is 13.6 Å². The highest BCUT2D eigenvalue weighted by Gasteiger charge is 2.16. The summed E-state index contributed by atoms with van der Waals surface area (Å²) in [4.78, 5) is 13.6. The minimum Gasteiger partial charge on any atom is -0.508 e. The SMILES string of the molecule is Cc1cc(O)ccc1C(=O)N(C)CC(C)C#N. The van der Waals surface area contributed by atoms with Gasteiger partial charge in [-0.25, -0.2) is 0 Å². The average molecular weight is 232 g/mol. The van der Waals surface area contributed by atoms with Gasteiger partial charge in [-0.3, -0.25) is 4.79 Å². The van der Waals surface area contributed by atoms with Crippen LogP contribution in [0.25, 0.3) is 0 Å². The van der Waals surface area contributed by atoms with Gasteiger partial charge in [0.15, 0.2) is 0 Å². The second kappa shape index (κ2) is 5.35. The highest BCUT2D eigenvalue weighted by molar-refractivity contribution is 5.95. The molecule has 0 aromatic heterocycles. The van der Waals surface area contributed by atoms with Gasteiger partial charge in [0.1, 0.15) is 5.75 Å². The van der Waals surface area contributed by atoms with E-state index >= 15 is 0 Å². The Kier molecular flexibility index (Phi) is 4.11. The number of rotatable bonds is 3. The first-order chi connectivity index (χ1) is 7.95. The van der Waals surface area contributed by atoms with Crippen LogP contribution in [0.5, 0.6) is 5.75 Å². The molecule has 17 heavy (non-hydrogen) atoms. The Morgan fingerprint density at radius 3 is 2.76 bits per heavy atom. The van der Waals surface area contributed by atoms with Crippen molar-refractivity contribution in [3.05, 3.63) is 29.3 Å². The van der Waals surface area contributed by atoms with E-state index in [1.54, 1.807) is 33.0 Å². The van der Waals surface area contributed by atoms with Crippen LogP contribution in [0.15, 0.2) is 18.2 Å². The topological polar surface area (TPSA) is 64.3 Å². The number of phenols is 1. The largest absolute Gasteiger partial charge is 0.508 e. The van der Waals surface area contributed by atoms with Crippen molar-refractivity contribution in [1.29, 1.82) is 5.26 Å². The first-order valence-electron chi connectivity index (χ1n) is 5.40. The number of benzene rings is 1. The van der Waals surface area contributed by atoms with Crippen molar-refractivity contribution in [1.82, 2.24) is 4.90 Å². The molecule has 0 bridgehead atoms. The molecule has 90 valence electrons. The fourth-order valence-electron chi connectivity index (χ4n) is 1.63. The van der Waals surface area contributed by atoms with Crippen molar-refractivity contribution >= 4 is 5.91 Å². The molecule has 0 heterocycles. The van der Waals surface area contributed by atoms with E-state index in [1.165, 1.54) is 11.0 Å². The molecule has 4 nitrogen and oxygen atoms in total. The van der Waals surface area contributed by atoms with E-state index in [2.05, 4.69) is 6.07 Å². The lowest BCUT2D eigenvalue weighted by atomic mass is 10.1. The number of hydrogen-bond acceptors (Lipinski definition) is 3. The Morgan fingerprint density at radius 1 is 1.59 bits per heavy atom. The van der Waals surface area contributed by atoms with Gasteiger partial charge in [0.2, 0.25) is 0 Å². The number of amides is 1. The van der Waals surface area contributed by atoms with E-state index in [0.717, 1.165) is 5.56 Å². The van der Waals surface area contributed by atoms with Crippen molar-refractivity contribution in [3.8, 4) is 11.8 Å². The number of carbonyl (C=O) groups excluding carboxylic acids is 1. The molecule has 1 aromatic rings. The van der Waals surface area contributed by atoms with E-state index in [1.807, 2.05) is 0 Å². The van der Waals surface area contributed by atoms with E-state index in [4.69, 9.17) is 5.26 Å². The first-order valence-corrected chi connectivity index (χ1v) is 5.40. The van der Waals surface area contributed by atoms with Crippen LogP contribution in [0.2, 0.25) is 0 Å². The Hall–Kier alpha value is -2.02. The zero-order valence-corrected chi connectivity index (χ0v) is 10.3. The number of nitrogens with zero attached hydrogens (tertiary/aromatic N) is 2. The van der Waals surface area contributed by atoms with Crippen molar-refractivity contribution < 1.29 is 9.90 Å². The van der Waals surface area contributed by atoms with Gasteiger partial charge in [-0.2, -0.15) is 5.26 Å².